The first kappa shape index (κ1) is 20.6. The number of hydrogen-bond acceptors (Lipinski definition) is 3. The maximum absolute atomic E-state index is 13.9. The number of alkyl halides is 3. The van der Waals surface area contributed by atoms with Crippen LogP contribution >= 0.6 is 15.9 Å². The summed E-state index contributed by atoms with van der Waals surface area (Å²) >= 11 is 2.83. The van der Waals surface area contributed by atoms with Gasteiger partial charge in [-0.25, -0.2) is 13.2 Å². The standard InChI is InChI=1S/C16H7BrF6N2O2/c17-8-5-12(25-14(26)1-2-24)13(6-9(8)18)27-15-10(19)3-7(4-11(15)20)16(21,22)23/h3-6H,1H2,(H,25,26). The van der Waals surface area contributed by atoms with E-state index < -0.39 is 53.0 Å². The summed E-state index contributed by atoms with van der Waals surface area (Å²) in [5.41, 5.74) is -1.84. The van der Waals surface area contributed by atoms with Crippen molar-refractivity contribution in [2.24, 2.45) is 0 Å². The summed E-state index contributed by atoms with van der Waals surface area (Å²) in [5.74, 6) is -6.93. The maximum atomic E-state index is 13.9. The van der Waals surface area contributed by atoms with Gasteiger partial charge in [0, 0.05) is 6.07 Å². The normalized spacial score (nSPS) is 11.0. The summed E-state index contributed by atoms with van der Waals surface area (Å²) in [6.45, 7) is 0. The van der Waals surface area contributed by atoms with Crippen LogP contribution in [0.3, 0.4) is 0 Å². The number of nitrogens with one attached hydrogen (secondary N) is 1. The van der Waals surface area contributed by atoms with Crippen LogP contribution in [0, 0.1) is 28.8 Å². The Morgan fingerprint density at radius 2 is 1.70 bits per heavy atom. The maximum Gasteiger partial charge on any atom is 0.416 e. The number of rotatable bonds is 4. The van der Waals surface area contributed by atoms with E-state index in [0.717, 1.165) is 6.07 Å². The van der Waals surface area contributed by atoms with Gasteiger partial charge < -0.3 is 10.1 Å². The highest BCUT2D eigenvalue weighted by molar-refractivity contribution is 9.10. The molecule has 1 amide bonds. The number of ether oxygens (including phenoxy) is 1. The molecule has 0 bridgehead atoms. The lowest BCUT2D eigenvalue weighted by Crippen LogP contribution is -2.12. The fourth-order valence-electron chi connectivity index (χ4n) is 1.91. The third-order valence-corrected chi connectivity index (χ3v) is 3.68. The van der Waals surface area contributed by atoms with Gasteiger partial charge in [0.25, 0.3) is 0 Å². The minimum Gasteiger partial charge on any atom is -0.449 e. The Balaban J connectivity index is 2.47. The zero-order chi connectivity index (χ0) is 20.4. The number of carbonyl (C=O) groups is 1. The van der Waals surface area contributed by atoms with Gasteiger partial charge in [0.2, 0.25) is 5.91 Å². The molecule has 0 radical (unpaired) electrons. The number of nitrogens with zero attached hydrogens (tertiary/aromatic N) is 1. The van der Waals surface area contributed by atoms with Crippen LogP contribution in [0.1, 0.15) is 12.0 Å². The molecule has 0 saturated heterocycles. The molecule has 2 aromatic rings. The Morgan fingerprint density at radius 1 is 1.11 bits per heavy atom. The molecule has 0 aliphatic rings. The zero-order valence-corrected chi connectivity index (χ0v) is 14.5. The van der Waals surface area contributed by atoms with E-state index in [4.69, 9.17) is 10.00 Å². The number of halogens is 7. The van der Waals surface area contributed by atoms with Gasteiger partial charge in [-0.3, -0.25) is 4.79 Å². The summed E-state index contributed by atoms with van der Waals surface area (Å²) in [7, 11) is 0. The summed E-state index contributed by atoms with van der Waals surface area (Å²) in [6.07, 6.45) is -5.56. The Hall–Kier alpha value is -2.74. The van der Waals surface area contributed by atoms with Crippen molar-refractivity contribution in [1.82, 2.24) is 0 Å². The molecule has 0 spiro atoms. The van der Waals surface area contributed by atoms with Crippen LogP contribution in [0.4, 0.5) is 32.0 Å². The number of hydrogen-bond donors (Lipinski definition) is 1. The fraction of sp³-hybridized carbons (Fsp3) is 0.125. The molecule has 0 saturated carbocycles. The van der Waals surface area contributed by atoms with E-state index in [1.54, 1.807) is 6.07 Å². The summed E-state index contributed by atoms with van der Waals surface area (Å²) in [6, 6.07) is 3.24. The van der Waals surface area contributed by atoms with Crippen molar-refractivity contribution >= 4 is 27.5 Å². The Kier molecular flexibility index (Phi) is 6.00. The minimum atomic E-state index is -4.99. The first-order valence-electron chi connectivity index (χ1n) is 6.93. The van der Waals surface area contributed by atoms with E-state index in [2.05, 4.69) is 21.2 Å². The van der Waals surface area contributed by atoms with Gasteiger partial charge in [-0.2, -0.15) is 18.4 Å². The average Bonchev–Trinajstić information content (AvgIpc) is 2.54. The van der Waals surface area contributed by atoms with E-state index in [-0.39, 0.29) is 22.3 Å². The van der Waals surface area contributed by atoms with Crippen LogP contribution < -0.4 is 10.1 Å². The molecule has 0 unspecified atom stereocenters. The molecule has 142 valence electrons. The highest BCUT2D eigenvalue weighted by Gasteiger charge is 2.33. The van der Waals surface area contributed by atoms with E-state index in [9.17, 15) is 31.1 Å². The molecule has 1 N–H and O–H groups in total. The molecule has 0 aliphatic carbocycles. The van der Waals surface area contributed by atoms with Crippen LogP contribution in [0.5, 0.6) is 11.5 Å². The van der Waals surface area contributed by atoms with Gasteiger partial charge in [-0.05, 0) is 34.1 Å². The van der Waals surface area contributed by atoms with E-state index in [1.807, 2.05) is 0 Å². The van der Waals surface area contributed by atoms with Crippen molar-refractivity contribution in [2.75, 3.05) is 5.32 Å². The Labute approximate surface area is 156 Å². The second kappa shape index (κ2) is 7.87. The predicted molar refractivity (Wildman–Crippen MR) is 84.4 cm³/mol. The number of carbonyl (C=O) groups excluding carboxylic acids is 1. The molecule has 0 heterocycles. The van der Waals surface area contributed by atoms with E-state index in [0.29, 0.717) is 6.07 Å². The molecule has 27 heavy (non-hydrogen) atoms. The lowest BCUT2D eigenvalue weighted by Gasteiger charge is -2.15. The molecule has 2 rings (SSSR count). The van der Waals surface area contributed by atoms with Crippen LogP contribution in [-0.2, 0) is 11.0 Å². The van der Waals surface area contributed by atoms with Crippen molar-refractivity contribution in [3.63, 3.8) is 0 Å². The Morgan fingerprint density at radius 3 is 2.22 bits per heavy atom. The molecule has 0 atom stereocenters. The number of amides is 1. The predicted octanol–water partition coefficient (Wildman–Crippen LogP) is 5.53. The first-order valence-corrected chi connectivity index (χ1v) is 7.72. The molecular weight excluding hydrogens is 446 g/mol. The van der Waals surface area contributed by atoms with Crippen LogP contribution in [-0.4, -0.2) is 5.91 Å². The molecule has 11 heteroatoms. The second-order valence-electron chi connectivity index (χ2n) is 5.01. The number of benzene rings is 2. The molecule has 0 aromatic heterocycles. The van der Waals surface area contributed by atoms with Crippen molar-refractivity contribution < 1.29 is 35.9 Å². The molecule has 0 aliphatic heterocycles. The van der Waals surface area contributed by atoms with Crippen LogP contribution in [0.2, 0.25) is 0 Å². The molecular formula is C16H7BrF6N2O2. The highest BCUT2D eigenvalue weighted by Crippen LogP contribution is 2.38. The highest BCUT2D eigenvalue weighted by atomic mass is 79.9. The second-order valence-corrected chi connectivity index (χ2v) is 5.87. The molecule has 0 fully saturated rings. The zero-order valence-electron chi connectivity index (χ0n) is 12.9. The van der Waals surface area contributed by atoms with Crippen LogP contribution in [0.25, 0.3) is 0 Å². The summed E-state index contributed by atoms with van der Waals surface area (Å²) in [4.78, 5) is 11.5. The third-order valence-electron chi connectivity index (χ3n) is 3.07. The SMILES string of the molecule is N#CCC(=O)Nc1cc(Br)c(F)cc1Oc1c(F)cc(C(F)(F)F)cc1F. The lowest BCUT2D eigenvalue weighted by atomic mass is 10.2. The summed E-state index contributed by atoms with van der Waals surface area (Å²) < 4.78 is 84.1. The van der Waals surface area contributed by atoms with Gasteiger partial charge in [0.15, 0.2) is 23.1 Å². The van der Waals surface area contributed by atoms with Gasteiger partial charge in [0.05, 0.1) is 21.8 Å². The van der Waals surface area contributed by atoms with E-state index >= 15 is 0 Å². The van der Waals surface area contributed by atoms with Gasteiger partial charge >= 0.3 is 6.18 Å². The van der Waals surface area contributed by atoms with Gasteiger partial charge in [0.1, 0.15) is 12.2 Å². The minimum absolute atomic E-state index is 0.0154. The monoisotopic (exact) mass is 452 g/mol. The first-order chi connectivity index (χ1) is 12.5. The van der Waals surface area contributed by atoms with Crippen molar-refractivity contribution in [1.29, 1.82) is 5.26 Å². The molecule has 2 aromatic carbocycles. The van der Waals surface area contributed by atoms with Crippen molar-refractivity contribution in [2.45, 2.75) is 12.6 Å². The van der Waals surface area contributed by atoms with Gasteiger partial charge in [-0.15, -0.1) is 0 Å². The van der Waals surface area contributed by atoms with Crippen molar-refractivity contribution in [3.8, 4) is 17.6 Å². The third kappa shape index (κ3) is 4.91. The van der Waals surface area contributed by atoms with Crippen LogP contribution in [0.15, 0.2) is 28.7 Å². The topological polar surface area (TPSA) is 62.1 Å². The fourth-order valence-corrected chi connectivity index (χ4v) is 2.25. The summed E-state index contributed by atoms with van der Waals surface area (Å²) in [5, 5.41) is 10.6. The molecule has 4 nitrogen and oxygen atoms in total. The Bertz CT molecular complexity index is 917. The quantitative estimate of drug-likeness (QED) is 0.620. The number of anilines is 1. The van der Waals surface area contributed by atoms with Gasteiger partial charge in [-0.1, -0.05) is 0 Å². The van der Waals surface area contributed by atoms with Crippen molar-refractivity contribution in [3.05, 3.63) is 51.8 Å². The van der Waals surface area contributed by atoms with E-state index in [1.165, 1.54) is 0 Å². The largest absolute Gasteiger partial charge is 0.449 e. The smallest absolute Gasteiger partial charge is 0.416 e. The average molecular weight is 453 g/mol. The number of nitriles is 1. The lowest BCUT2D eigenvalue weighted by molar-refractivity contribution is -0.138.